The third-order valence-electron chi connectivity index (χ3n) is 5.46. The summed E-state index contributed by atoms with van der Waals surface area (Å²) >= 11 is 9.49. The van der Waals surface area contributed by atoms with Crippen LogP contribution in [0.4, 0.5) is 11.5 Å². The largest absolute Gasteiger partial charge is 0.486 e. The van der Waals surface area contributed by atoms with Gasteiger partial charge in [0.15, 0.2) is 0 Å². The summed E-state index contributed by atoms with van der Waals surface area (Å²) in [6, 6.07) is 11.2. The molecule has 0 saturated heterocycles. The fraction of sp³-hybridized carbons (Fsp3) is 0.167. The highest BCUT2D eigenvalue weighted by Gasteiger charge is 2.20. The maximum Gasteiger partial charge on any atom is 0.310 e. The molecule has 5 aromatic rings. The van der Waals surface area contributed by atoms with Crippen LogP contribution in [-0.2, 0) is 11.4 Å². The Morgan fingerprint density at radius 1 is 1.21 bits per heavy atom. The summed E-state index contributed by atoms with van der Waals surface area (Å²) in [4.78, 5) is 25.5. The van der Waals surface area contributed by atoms with Crippen LogP contribution < -0.4 is 10.1 Å². The van der Waals surface area contributed by atoms with Gasteiger partial charge in [-0.1, -0.05) is 30.7 Å². The molecule has 7 nitrogen and oxygen atoms in total. The molecule has 1 atom stereocenters. The van der Waals surface area contributed by atoms with Crippen LogP contribution in [0, 0.1) is 0 Å². The fourth-order valence-corrected chi connectivity index (χ4v) is 5.65. The zero-order chi connectivity index (χ0) is 23.7. The molecule has 0 aliphatic carbocycles. The van der Waals surface area contributed by atoms with Gasteiger partial charge in [-0.15, -0.1) is 22.7 Å². The molecule has 2 aromatic carbocycles. The maximum absolute atomic E-state index is 11.6. The molecule has 2 N–H and O–H groups in total. The summed E-state index contributed by atoms with van der Waals surface area (Å²) in [6.45, 7) is 2.23. The van der Waals surface area contributed by atoms with Crippen molar-refractivity contribution in [1.29, 1.82) is 0 Å². The van der Waals surface area contributed by atoms with Gasteiger partial charge < -0.3 is 15.2 Å². The Kier molecular flexibility index (Phi) is 6.32. The van der Waals surface area contributed by atoms with E-state index in [9.17, 15) is 9.90 Å². The minimum Gasteiger partial charge on any atom is -0.486 e. The van der Waals surface area contributed by atoms with Gasteiger partial charge in [0.1, 0.15) is 29.3 Å². The average Bonchev–Trinajstić information content (AvgIpc) is 3.46. The van der Waals surface area contributed by atoms with Gasteiger partial charge in [-0.05, 0) is 36.2 Å². The molecule has 0 fully saturated rings. The van der Waals surface area contributed by atoms with Crippen molar-refractivity contribution in [3.63, 3.8) is 0 Å². The molecule has 34 heavy (non-hydrogen) atoms. The molecule has 0 bridgehead atoms. The number of thiazole rings is 1. The van der Waals surface area contributed by atoms with E-state index < -0.39 is 11.9 Å². The van der Waals surface area contributed by atoms with Crippen molar-refractivity contribution < 1.29 is 14.6 Å². The molecule has 1 unspecified atom stereocenters. The van der Waals surface area contributed by atoms with Crippen LogP contribution in [0.3, 0.4) is 0 Å². The summed E-state index contributed by atoms with van der Waals surface area (Å²) in [5.41, 5.74) is 4.17. The van der Waals surface area contributed by atoms with E-state index in [1.54, 1.807) is 11.6 Å². The molecule has 0 amide bonds. The minimum absolute atomic E-state index is 0.353. The molecule has 0 radical (unpaired) electrons. The Bertz CT molecular complexity index is 1490. The summed E-state index contributed by atoms with van der Waals surface area (Å²) < 4.78 is 6.75. The normalized spacial score (nSPS) is 12.2. The van der Waals surface area contributed by atoms with E-state index >= 15 is 0 Å². The SMILES string of the molecule is CCC(C(=O)O)c1ccc2c(c1)sc1ncnc(Nc3ccc(OCc4cscn4)c(Cl)c3)c12. The Morgan fingerprint density at radius 2 is 2.09 bits per heavy atom. The first-order valence-corrected chi connectivity index (χ1v) is 12.6. The third-order valence-corrected chi connectivity index (χ3v) is 7.45. The molecule has 172 valence electrons. The molecule has 0 saturated carbocycles. The van der Waals surface area contributed by atoms with Crippen molar-refractivity contribution in [2.45, 2.75) is 25.9 Å². The first-order chi connectivity index (χ1) is 16.5. The number of carboxylic acid groups (broad SMARTS) is 1. The van der Waals surface area contributed by atoms with E-state index in [0.717, 1.165) is 37.2 Å². The monoisotopic (exact) mass is 510 g/mol. The third kappa shape index (κ3) is 4.42. The van der Waals surface area contributed by atoms with Gasteiger partial charge in [-0.3, -0.25) is 4.79 Å². The van der Waals surface area contributed by atoms with E-state index in [-0.39, 0.29) is 0 Å². The number of ether oxygens (including phenoxy) is 1. The lowest BCUT2D eigenvalue weighted by Crippen LogP contribution is -2.10. The molecule has 0 aliphatic heterocycles. The number of thiophene rings is 1. The predicted octanol–water partition coefficient (Wildman–Crippen LogP) is 6.86. The Labute approximate surface area is 208 Å². The van der Waals surface area contributed by atoms with E-state index in [0.29, 0.717) is 29.6 Å². The zero-order valence-electron chi connectivity index (χ0n) is 18.0. The standard InChI is InChI=1S/C24H19ClN4O3S2/c1-2-16(24(30)31)13-3-5-17-20(7-13)34-23-21(17)22(26-11-27-23)29-14-4-6-19(18(25)8-14)32-9-15-10-33-12-28-15/h3-8,10-12,16H,2,9H2,1H3,(H,30,31)(H,26,27,29). The molecule has 3 heterocycles. The van der Waals surface area contributed by atoms with Crippen LogP contribution in [0.2, 0.25) is 5.02 Å². The number of aromatic nitrogens is 3. The second kappa shape index (κ2) is 9.54. The fourth-order valence-electron chi connectivity index (χ4n) is 3.78. The number of hydrogen-bond donors (Lipinski definition) is 2. The minimum atomic E-state index is -0.819. The topological polar surface area (TPSA) is 97.2 Å². The van der Waals surface area contributed by atoms with Crippen LogP contribution in [0.15, 0.2) is 53.6 Å². The highest BCUT2D eigenvalue weighted by atomic mass is 35.5. The predicted molar refractivity (Wildman–Crippen MR) is 137 cm³/mol. The first kappa shape index (κ1) is 22.5. The number of aliphatic carboxylic acids is 1. The van der Waals surface area contributed by atoms with E-state index in [2.05, 4.69) is 20.3 Å². The van der Waals surface area contributed by atoms with Gasteiger partial charge in [-0.2, -0.15) is 0 Å². The van der Waals surface area contributed by atoms with Gasteiger partial charge in [0.2, 0.25) is 0 Å². The van der Waals surface area contributed by atoms with Crippen molar-refractivity contribution in [2.24, 2.45) is 0 Å². The molecular weight excluding hydrogens is 492 g/mol. The second-order valence-electron chi connectivity index (χ2n) is 7.60. The number of nitrogens with zero attached hydrogens (tertiary/aromatic N) is 3. The van der Waals surface area contributed by atoms with Gasteiger partial charge in [-0.25, -0.2) is 15.0 Å². The molecule has 0 spiro atoms. The Balaban J connectivity index is 1.44. The van der Waals surface area contributed by atoms with Crippen LogP contribution in [0.5, 0.6) is 5.75 Å². The number of benzene rings is 2. The van der Waals surface area contributed by atoms with Crippen molar-refractivity contribution in [3.05, 3.63) is 69.9 Å². The summed E-state index contributed by atoms with van der Waals surface area (Å²) in [5.74, 6) is -0.121. The smallest absolute Gasteiger partial charge is 0.310 e. The molecule has 10 heteroatoms. The molecule has 0 aliphatic rings. The number of fused-ring (bicyclic) bond motifs is 3. The molecule has 3 aromatic heterocycles. The number of nitrogens with one attached hydrogen (secondary N) is 1. The second-order valence-corrected chi connectivity index (χ2v) is 9.75. The van der Waals surface area contributed by atoms with Crippen LogP contribution >= 0.6 is 34.3 Å². The zero-order valence-corrected chi connectivity index (χ0v) is 20.4. The van der Waals surface area contributed by atoms with Crippen LogP contribution in [-0.4, -0.2) is 26.0 Å². The Hall–Kier alpha value is -3.27. The van der Waals surface area contributed by atoms with E-state index in [1.165, 1.54) is 29.0 Å². The highest BCUT2D eigenvalue weighted by molar-refractivity contribution is 7.25. The molecular formula is C24H19ClN4O3S2. The number of anilines is 2. The van der Waals surface area contributed by atoms with Crippen molar-refractivity contribution >= 4 is 72.1 Å². The average molecular weight is 511 g/mol. The van der Waals surface area contributed by atoms with Gasteiger partial charge >= 0.3 is 5.97 Å². The number of carboxylic acids is 1. The number of halogens is 1. The number of carbonyl (C=O) groups is 1. The van der Waals surface area contributed by atoms with Crippen LogP contribution in [0.1, 0.15) is 30.5 Å². The summed E-state index contributed by atoms with van der Waals surface area (Å²) in [5, 5.41) is 17.1. The van der Waals surface area contributed by atoms with Crippen LogP contribution in [0.25, 0.3) is 20.3 Å². The van der Waals surface area contributed by atoms with Gasteiger partial charge in [0.05, 0.1) is 27.5 Å². The Morgan fingerprint density at radius 3 is 2.82 bits per heavy atom. The first-order valence-electron chi connectivity index (χ1n) is 10.5. The van der Waals surface area contributed by atoms with Crippen molar-refractivity contribution in [1.82, 2.24) is 15.0 Å². The summed E-state index contributed by atoms with van der Waals surface area (Å²) in [6.07, 6.45) is 2.04. The lowest BCUT2D eigenvalue weighted by molar-refractivity contribution is -0.138. The quantitative estimate of drug-likeness (QED) is 0.235. The maximum atomic E-state index is 11.6. The van der Waals surface area contributed by atoms with Crippen molar-refractivity contribution in [2.75, 3.05) is 5.32 Å². The van der Waals surface area contributed by atoms with E-state index in [4.69, 9.17) is 16.3 Å². The van der Waals surface area contributed by atoms with Crippen molar-refractivity contribution in [3.8, 4) is 5.75 Å². The van der Waals surface area contributed by atoms with Gasteiger partial charge in [0, 0.05) is 21.2 Å². The lowest BCUT2D eigenvalue weighted by atomic mass is 9.96. The van der Waals surface area contributed by atoms with E-state index in [1.807, 2.05) is 42.6 Å². The highest BCUT2D eigenvalue weighted by Crippen LogP contribution is 2.39. The lowest BCUT2D eigenvalue weighted by Gasteiger charge is -2.11. The molecule has 5 rings (SSSR count). The van der Waals surface area contributed by atoms with Gasteiger partial charge in [0.25, 0.3) is 0 Å². The number of rotatable bonds is 8. The summed E-state index contributed by atoms with van der Waals surface area (Å²) in [7, 11) is 0. The number of hydrogen-bond acceptors (Lipinski definition) is 8.